The van der Waals surface area contributed by atoms with Gasteiger partial charge in [0.2, 0.25) is 0 Å². The first-order chi connectivity index (χ1) is 10.2. The van der Waals surface area contributed by atoms with Crippen LogP contribution in [0.5, 0.6) is 5.75 Å². The molecule has 3 heteroatoms. The third-order valence-corrected chi connectivity index (χ3v) is 4.29. The van der Waals surface area contributed by atoms with E-state index in [0.717, 1.165) is 25.3 Å². The minimum Gasteiger partial charge on any atom is -0.494 e. The maximum absolute atomic E-state index is 5.64. The zero-order chi connectivity index (χ0) is 15.1. The Hall–Kier alpha value is -1.06. The molecule has 1 saturated heterocycles. The van der Waals surface area contributed by atoms with Gasteiger partial charge in [-0.2, -0.15) is 0 Å². The van der Waals surface area contributed by atoms with Crippen molar-refractivity contribution in [1.29, 1.82) is 0 Å². The molecule has 1 heterocycles. The molecule has 0 saturated carbocycles. The Balaban J connectivity index is 1.86. The Labute approximate surface area is 129 Å². The summed E-state index contributed by atoms with van der Waals surface area (Å²) >= 11 is 0. The molecule has 0 bridgehead atoms. The highest BCUT2D eigenvalue weighted by molar-refractivity contribution is 5.29. The highest BCUT2D eigenvalue weighted by Gasteiger charge is 2.20. The average Bonchev–Trinajstić information content (AvgIpc) is 2.53. The third kappa shape index (κ3) is 5.01. The Morgan fingerprint density at radius 1 is 1.29 bits per heavy atom. The molecule has 2 rings (SSSR count). The van der Waals surface area contributed by atoms with Crippen LogP contribution in [0.15, 0.2) is 24.3 Å². The number of nitrogens with zero attached hydrogens (tertiary/aromatic N) is 1. The van der Waals surface area contributed by atoms with Crippen LogP contribution < -0.4 is 10.1 Å². The lowest BCUT2D eigenvalue weighted by atomic mass is 10.0. The summed E-state index contributed by atoms with van der Waals surface area (Å²) in [6.07, 6.45) is 3.65. The lowest BCUT2D eigenvalue weighted by Crippen LogP contribution is -2.46. The maximum Gasteiger partial charge on any atom is 0.119 e. The summed E-state index contributed by atoms with van der Waals surface area (Å²) in [7, 11) is 0. The van der Waals surface area contributed by atoms with Crippen molar-refractivity contribution in [3.8, 4) is 5.75 Å². The van der Waals surface area contributed by atoms with Crippen molar-refractivity contribution in [2.75, 3.05) is 26.2 Å². The zero-order valence-electron chi connectivity index (χ0n) is 13.8. The molecule has 1 aliphatic rings. The van der Waals surface area contributed by atoms with E-state index in [9.17, 15) is 0 Å². The van der Waals surface area contributed by atoms with Crippen LogP contribution in [0.2, 0.25) is 0 Å². The molecule has 118 valence electrons. The van der Waals surface area contributed by atoms with E-state index in [1.165, 1.54) is 31.5 Å². The monoisotopic (exact) mass is 290 g/mol. The fourth-order valence-corrected chi connectivity index (χ4v) is 3.00. The summed E-state index contributed by atoms with van der Waals surface area (Å²) in [5, 5.41) is 3.78. The number of hydrogen-bond donors (Lipinski definition) is 1. The molecule has 1 fully saturated rings. The highest BCUT2D eigenvalue weighted by Crippen LogP contribution is 2.20. The van der Waals surface area contributed by atoms with E-state index in [1.807, 2.05) is 0 Å². The number of likely N-dealkylation sites (tertiary alicyclic amines) is 1. The highest BCUT2D eigenvalue weighted by atomic mass is 16.5. The van der Waals surface area contributed by atoms with Crippen molar-refractivity contribution in [3.05, 3.63) is 29.8 Å². The molecule has 1 aromatic rings. The van der Waals surface area contributed by atoms with Gasteiger partial charge in [-0.15, -0.1) is 0 Å². The van der Waals surface area contributed by atoms with Crippen molar-refractivity contribution >= 4 is 0 Å². The third-order valence-electron chi connectivity index (χ3n) is 4.29. The van der Waals surface area contributed by atoms with Crippen molar-refractivity contribution < 1.29 is 4.74 Å². The van der Waals surface area contributed by atoms with Gasteiger partial charge >= 0.3 is 0 Å². The van der Waals surface area contributed by atoms with Crippen LogP contribution in [0.25, 0.3) is 0 Å². The number of nitrogens with one attached hydrogen (secondary N) is 1. The van der Waals surface area contributed by atoms with Gasteiger partial charge in [0, 0.05) is 18.6 Å². The normalized spacial score (nSPS) is 21.2. The van der Waals surface area contributed by atoms with E-state index in [0.29, 0.717) is 12.1 Å². The number of likely N-dealkylation sites (N-methyl/N-ethyl adjacent to an activating group) is 1. The van der Waals surface area contributed by atoms with Crippen molar-refractivity contribution in [1.82, 2.24) is 10.2 Å². The fourth-order valence-electron chi connectivity index (χ4n) is 3.00. The van der Waals surface area contributed by atoms with Crippen LogP contribution in [-0.4, -0.2) is 37.2 Å². The van der Waals surface area contributed by atoms with Crippen molar-refractivity contribution in [2.45, 2.75) is 52.1 Å². The molecule has 0 spiro atoms. The van der Waals surface area contributed by atoms with Gasteiger partial charge in [0.25, 0.3) is 0 Å². The average molecular weight is 290 g/mol. The fraction of sp³-hybridized carbons (Fsp3) is 0.667. The largest absolute Gasteiger partial charge is 0.494 e. The van der Waals surface area contributed by atoms with Gasteiger partial charge in [0.15, 0.2) is 0 Å². The van der Waals surface area contributed by atoms with Crippen LogP contribution in [0.3, 0.4) is 0 Å². The topological polar surface area (TPSA) is 24.5 Å². The number of ether oxygens (including phenoxy) is 1. The Morgan fingerprint density at radius 2 is 2.05 bits per heavy atom. The van der Waals surface area contributed by atoms with Crippen LogP contribution in [0.4, 0.5) is 0 Å². The summed E-state index contributed by atoms with van der Waals surface area (Å²) < 4.78 is 5.64. The van der Waals surface area contributed by atoms with E-state index < -0.39 is 0 Å². The first kappa shape index (κ1) is 16.3. The summed E-state index contributed by atoms with van der Waals surface area (Å²) in [5.74, 6) is 0.975. The lowest BCUT2D eigenvalue weighted by molar-refractivity contribution is 0.192. The number of piperidine rings is 1. The zero-order valence-corrected chi connectivity index (χ0v) is 13.8. The smallest absolute Gasteiger partial charge is 0.119 e. The Morgan fingerprint density at radius 3 is 2.71 bits per heavy atom. The van der Waals surface area contributed by atoms with Gasteiger partial charge in [0.1, 0.15) is 5.75 Å². The second-order valence-corrected chi connectivity index (χ2v) is 6.04. The lowest BCUT2D eigenvalue weighted by Gasteiger charge is -2.34. The molecule has 0 aromatic heterocycles. The molecule has 1 aromatic carbocycles. The quantitative estimate of drug-likeness (QED) is 0.830. The standard InChI is InChI=1S/C18H30N2O/c1-4-13-21-18-10-8-16(9-11-18)15(3)19-17-7-6-12-20(5-2)14-17/h8-11,15,17,19H,4-7,12-14H2,1-3H3. The van der Waals surface area contributed by atoms with Crippen LogP contribution in [-0.2, 0) is 0 Å². The second-order valence-electron chi connectivity index (χ2n) is 6.04. The second kappa shape index (κ2) is 8.40. The number of rotatable bonds is 7. The van der Waals surface area contributed by atoms with E-state index >= 15 is 0 Å². The molecular weight excluding hydrogens is 260 g/mol. The van der Waals surface area contributed by atoms with Crippen LogP contribution in [0, 0.1) is 0 Å². The number of hydrogen-bond acceptors (Lipinski definition) is 3. The molecule has 3 nitrogen and oxygen atoms in total. The first-order valence-electron chi connectivity index (χ1n) is 8.44. The molecular formula is C18H30N2O. The van der Waals surface area contributed by atoms with E-state index in [2.05, 4.69) is 55.3 Å². The van der Waals surface area contributed by atoms with Gasteiger partial charge < -0.3 is 15.0 Å². The molecule has 0 radical (unpaired) electrons. The molecule has 0 aliphatic carbocycles. The summed E-state index contributed by atoms with van der Waals surface area (Å²) in [6, 6.07) is 9.55. The van der Waals surface area contributed by atoms with Crippen molar-refractivity contribution in [3.63, 3.8) is 0 Å². The molecule has 1 aliphatic heterocycles. The Bertz CT molecular complexity index is 404. The molecule has 0 amide bonds. The van der Waals surface area contributed by atoms with E-state index in [4.69, 9.17) is 4.74 Å². The van der Waals surface area contributed by atoms with Gasteiger partial charge in [0.05, 0.1) is 6.61 Å². The first-order valence-corrected chi connectivity index (χ1v) is 8.44. The molecule has 21 heavy (non-hydrogen) atoms. The summed E-state index contributed by atoms with van der Waals surface area (Å²) in [4.78, 5) is 2.54. The molecule has 2 atom stereocenters. The summed E-state index contributed by atoms with van der Waals surface area (Å²) in [5.41, 5.74) is 1.34. The Kier molecular flexibility index (Phi) is 6.52. The molecule has 1 N–H and O–H groups in total. The maximum atomic E-state index is 5.64. The summed E-state index contributed by atoms with van der Waals surface area (Å²) in [6.45, 7) is 11.0. The minimum absolute atomic E-state index is 0.395. The van der Waals surface area contributed by atoms with Gasteiger partial charge in [-0.3, -0.25) is 0 Å². The van der Waals surface area contributed by atoms with Crippen LogP contribution >= 0.6 is 0 Å². The predicted molar refractivity (Wildman–Crippen MR) is 88.9 cm³/mol. The van der Waals surface area contributed by atoms with Gasteiger partial charge in [-0.1, -0.05) is 26.0 Å². The predicted octanol–water partition coefficient (Wildman–Crippen LogP) is 3.61. The van der Waals surface area contributed by atoms with E-state index in [-0.39, 0.29) is 0 Å². The van der Waals surface area contributed by atoms with Gasteiger partial charge in [-0.05, 0) is 57.0 Å². The minimum atomic E-state index is 0.395. The van der Waals surface area contributed by atoms with Gasteiger partial charge in [-0.25, -0.2) is 0 Å². The SMILES string of the molecule is CCCOc1ccc(C(C)NC2CCCN(CC)C2)cc1. The van der Waals surface area contributed by atoms with E-state index in [1.54, 1.807) is 0 Å². The van der Waals surface area contributed by atoms with Crippen LogP contribution in [0.1, 0.15) is 51.6 Å². The van der Waals surface area contributed by atoms with Crippen molar-refractivity contribution in [2.24, 2.45) is 0 Å². The number of benzene rings is 1. The molecule has 2 unspecified atom stereocenters.